The molecule has 1 heteroatoms. The zero-order chi connectivity index (χ0) is 14.1. The molecule has 0 heterocycles. The molecule has 1 aromatic carbocycles. The number of hydrogen-bond donors (Lipinski definition) is 1. The van der Waals surface area contributed by atoms with Crippen LogP contribution in [0, 0.1) is 0 Å². The lowest BCUT2D eigenvalue weighted by molar-refractivity contribution is 0.643. The summed E-state index contributed by atoms with van der Waals surface area (Å²) >= 11 is 0. The quantitative estimate of drug-likeness (QED) is 0.654. The normalized spacial score (nSPS) is 10.9. The molecule has 0 aromatic heterocycles. The van der Waals surface area contributed by atoms with Crippen LogP contribution < -0.4 is 5.73 Å². The fourth-order valence-corrected chi connectivity index (χ4v) is 2.83. The summed E-state index contributed by atoms with van der Waals surface area (Å²) in [5.74, 6) is 0. The van der Waals surface area contributed by atoms with Crippen LogP contribution in [-0.2, 0) is 25.7 Å². The molecule has 0 aliphatic heterocycles. The minimum absolute atomic E-state index is 0.839. The van der Waals surface area contributed by atoms with Crippen molar-refractivity contribution in [2.24, 2.45) is 5.73 Å². The smallest absolute Gasteiger partial charge is 0.00773 e. The highest BCUT2D eigenvalue weighted by molar-refractivity contribution is 5.39. The Kier molecular flexibility index (Phi) is 7.81. The SMILES string of the molecule is CCc1cc(CC)c(CCCCCCN)c(CC)c1. The summed E-state index contributed by atoms with van der Waals surface area (Å²) < 4.78 is 0. The Balaban J connectivity index is 2.73. The van der Waals surface area contributed by atoms with Gasteiger partial charge in [-0.05, 0) is 67.3 Å². The molecule has 19 heavy (non-hydrogen) atoms. The Morgan fingerprint density at radius 3 is 1.84 bits per heavy atom. The van der Waals surface area contributed by atoms with Gasteiger partial charge >= 0.3 is 0 Å². The number of unbranched alkanes of at least 4 members (excludes halogenated alkanes) is 3. The second-order valence-electron chi connectivity index (χ2n) is 5.41. The fraction of sp³-hybridized carbons (Fsp3) is 0.667. The molecule has 0 spiro atoms. The van der Waals surface area contributed by atoms with Gasteiger partial charge in [0.2, 0.25) is 0 Å². The highest BCUT2D eigenvalue weighted by atomic mass is 14.5. The van der Waals surface area contributed by atoms with Crippen molar-refractivity contribution in [3.63, 3.8) is 0 Å². The van der Waals surface area contributed by atoms with E-state index in [4.69, 9.17) is 5.73 Å². The first-order chi connectivity index (χ1) is 9.26. The van der Waals surface area contributed by atoms with Crippen LogP contribution in [-0.4, -0.2) is 6.54 Å². The van der Waals surface area contributed by atoms with Crippen molar-refractivity contribution in [1.29, 1.82) is 0 Å². The average Bonchev–Trinajstić information content (AvgIpc) is 2.46. The molecule has 1 nitrogen and oxygen atoms in total. The maximum Gasteiger partial charge on any atom is -0.00773 e. The highest BCUT2D eigenvalue weighted by Crippen LogP contribution is 2.22. The molecular weight excluding hydrogens is 230 g/mol. The standard InChI is InChI=1S/C18H31N/c1-4-15-13-16(5-2)18(17(6-3)14-15)11-9-7-8-10-12-19/h13-14H,4-12,19H2,1-3H3. The van der Waals surface area contributed by atoms with Crippen molar-refractivity contribution < 1.29 is 0 Å². The van der Waals surface area contributed by atoms with Crippen molar-refractivity contribution in [3.8, 4) is 0 Å². The Labute approximate surface area is 119 Å². The van der Waals surface area contributed by atoms with Gasteiger partial charge < -0.3 is 5.73 Å². The highest BCUT2D eigenvalue weighted by Gasteiger charge is 2.08. The maximum atomic E-state index is 5.55. The van der Waals surface area contributed by atoms with Crippen LogP contribution >= 0.6 is 0 Å². The van der Waals surface area contributed by atoms with E-state index in [0.717, 1.165) is 13.0 Å². The predicted molar refractivity (Wildman–Crippen MR) is 85.8 cm³/mol. The van der Waals surface area contributed by atoms with Gasteiger partial charge in [0.15, 0.2) is 0 Å². The van der Waals surface area contributed by atoms with E-state index < -0.39 is 0 Å². The molecule has 0 bridgehead atoms. The van der Waals surface area contributed by atoms with Crippen LogP contribution in [0.1, 0.15) is 68.7 Å². The molecule has 0 atom stereocenters. The Morgan fingerprint density at radius 1 is 0.789 bits per heavy atom. The third-order valence-electron chi connectivity index (χ3n) is 4.05. The van der Waals surface area contributed by atoms with Crippen molar-refractivity contribution in [1.82, 2.24) is 0 Å². The largest absolute Gasteiger partial charge is 0.330 e. The van der Waals surface area contributed by atoms with Crippen LogP contribution in [0.25, 0.3) is 0 Å². The number of nitrogens with two attached hydrogens (primary N) is 1. The summed E-state index contributed by atoms with van der Waals surface area (Å²) in [6.45, 7) is 7.66. The molecule has 1 rings (SSSR count). The summed E-state index contributed by atoms with van der Waals surface area (Å²) in [7, 11) is 0. The van der Waals surface area contributed by atoms with Gasteiger partial charge in [0.1, 0.15) is 0 Å². The van der Waals surface area contributed by atoms with Crippen LogP contribution in [0.15, 0.2) is 12.1 Å². The third-order valence-corrected chi connectivity index (χ3v) is 4.05. The molecule has 0 fully saturated rings. The number of hydrogen-bond acceptors (Lipinski definition) is 1. The van der Waals surface area contributed by atoms with Crippen molar-refractivity contribution >= 4 is 0 Å². The molecule has 0 saturated heterocycles. The summed E-state index contributed by atoms with van der Waals surface area (Å²) in [5.41, 5.74) is 11.8. The van der Waals surface area contributed by atoms with E-state index >= 15 is 0 Å². The Hall–Kier alpha value is -0.820. The molecule has 0 unspecified atom stereocenters. The first-order valence-electron chi connectivity index (χ1n) is 8.10. The van der Waals surface area contributed by atoms with Gasteiger partial charge in [0, 0.05) is 0 Å². The lowest BCUT2D eigenvalue weighted by Gasteiger charge is -2.15. The second kappa shape index (κ2) is 9.14. The first-order valence-corrected chi connectivity index (χ1v) is 8.10. The van der Waals surface area contributed by atoms with Crippen molar-refractivity contribution in [2.45, 2.75) is 72.1 Å². The summed E-state index contributed by atoms with van der Waals surface area (Å²) in [4.78, 5) is 0. The summed E-state index contributed by atoms with van der Waals surface area (Å²) in [6, 6.07) is 4.85. The zero-order valence-electron chi connectivity index (χ0n) is 13.1. The van der Waals surface area contributed by atoms with Gasteiger partial charge in [-0.2, -0.15) is 0 Å². The minimum Gasteiger partial charge on any atom is -0.330 e. The molecular formula is C18H31N. The average molecular weight is 261 g/mol. The van der Waals surface area contributed by atoms with E-state index in [1.54, 1.807) is 16.7 Å². The van der Waals surface area contributed by atoms with E-state index in [1.807, 2.05) is 0 Å². The van der Waals surface area contributed by atoms with Crippen LogP contribution in [0.4, 0.5) is 0 Å². The topological polar surface area (TPSA) is 26.0 Å². The monoisotopic (exact) mass is 261 g/mol. The third kappa shape index (κ3) is 4.99. The second-order valence-corrected chi connectivity index (χ2v) is 5.41. The lowest BCUT2D eigenvalue weighted by Crippen LogP contribution is -2.02. The molecule has 0 aliphatic rings. The molecule has 0 aliphatic carbocycles. The molecule has 0 saturated carbocycles. The maximum absolute atomic E-state index is 5.55. The summed E-state index contributed by atoms with van der Waals surface area (Å²) in [5, 5.41) is 0. The van der Waals surface area contributed by atoms with Crippen LogP contribution in [0.3, 0.4) is 0 Å². The van der Waals surface area contributed by atoms with Gasteiger partial charge in [-0.25, -0.2) is 0 Å². The number of rotatable bonds is 9. The molecule has 2 N–H and O–H groups in total. The van der Waals surface area contributed by atoms with E-state index in [2.05, 4.69) is 32.9 Å². The van der Waals surface area contributed by atoms with Crippen LogP contribution in [0.5, 0.6) is 0 Å². The predicted octanol–water partition coefficient (Wildman–Crippen LogP) is 4.44. The van der Waals surface area contributed by atoms with Crippen molar-refractivity contribution in [2.75, 3.05) is 6.54 Å². The Morgan fingerprint density at radius 2 is 1.37 bits per heavy atom. The first kappa shape index (κ1) is 16.2. The van der Waals surface area contributed by atoms with Gasteiger partial charge in [0.05, 0.1) is 0 Å². The van der Waals surface area contributed by atoms with Crippen molar-refractivity contribution in [3.05, 3.63) is 34.4 Å². The van der Waals surface area contributed by atoms with Crippen LogP contribution in [0.2, 0.25) is 0 Å². The molecule has 0 amide bonds. The van der Waals surface area contributed by atoms with Gasteiger partial charge in [-0.3, -0.25) is 0 Å². The number of aryl methyl sites for hydroxylation is 3. The van der Waals surface area contributed by atoms with E-state index in [-0.39, 0.29) is 0 Å². The van der Waals surface area contributed by atoms with Gasteiger partial charge in [-0.15, -0.1) is 0 Å². The molecule has 1 aromatic rings. The van der Waals surface area contributed by atoms with E-state index in [0.29, 0.717) is 0 Å². The van der Waals surface area contributed by atoms with Gasteiger partial charge in [0.25, 0.3) is 0 Å². The van der Waals surface area contributed by atoms with E-state index in [1.165, 1.54) is 50.5 Å². The van der Waals surface area contributed by atoms with Gasteiger partial charge in [-0.1, -0.05) is 45.7 Å². The Bertz CT molecular complexity index is 343. The molecule has 0 radical (unpaired) electrons. The summed E-state index contributed by atoms with van der Waals surface area (Å²) in [6.07, 6.45) is 9.82. The van der Waals surface area contributed by atoms with E-state index in [9.17, 15) is 0 Å². The molecule has 108 valence electrons. The lowest BCUT2D eigenvalue weighted by atomic mass is 9.90. The zero-order valence-corrected chi connectivity index (χ0v) is 13.1. The minimum atomic E-state index is 0.839. The fourth-order valence-electron chi connectivity index (χ4n) is 2.83. The number of benzene rings is 1.